The summed E-state index contributed by atoms with van der Waals surface area (Å²) >= 11 is 5.11. The Morgan fingerprint density at radius 3 is 2.50 bits per heavy atom. The minimum absolute atomic E-state index is 0.380. The number of hydrogen-bond acceptors (Lipinski definition) is 1. The Kier molecular flexibility index (Phi) is 4.40. The number of nitrogens with one attached hydrogen (secondary N) is 2. The molecule has 1 rings (SSSR count). The normalized spacial score (nSPS) is 9.93. The van der Waals surface area contributed by atoms with Gasteiger partial charge < -0.3 is 10.6 Å². The maximum absolute atomic E-state index is 5.11. The molecule has 0 unspecified atom stereocenters. The van der Waals surface area contributed by atoms with E-state index in [-0.39, 0.29) is 0 Å². The van der Waals surface area contributed by atoms with Gasteiger partial charge >= 0.3 is 0 Å². The van der Waals surface area contributed by atoms with Crippen LogP contribution in [0.25, 0.3) is 0 Å². The van der Waals surface area contributed by atoms with Crippen molar-refractivity contribution in [2.45, 2.75) is 26.4 Å². The first kappa shape index (κ1) is 11.0. The van der Waals surface area contributed by atoms with E-state index in [9.17, 15) is 0 Å². The molecule has 3 heteroatoms. The molecule has 0 bridgehead atoms. The summed E-state index contributed by atoms with van der Waals surface area (Å²) in [6, 6.07) is 10.6. The second-order valence-electron chi connectivity index (χ2n) is 3.47. The van der Waals surface area contributed by atoms with Gasteiger partial charge in [-0.05, 0) is 31.6 Å². The third kappa shape index (κ3) is 4.23. The van der Waals surface area contributed by atoms with Crippen LogP contribution >= 0.6 is 12.2 Å². The molecule has 0 aromatic heterocycles. The molecule has 2 N–H and O–H groups in total. The van der Waals surface area contributed by atoms with Crippen molar-refractivity contribution in [3.05, 3.63) is 35.9 Å². The predicted molar refractivity (Wildman–Crippen MR) is 64.2 cm³/mol. The summed E-state index contributed by atoms with van der Waals surface area (Å²) in [5, 5.41) is 7.00. The van der Waals surface area contributed by atoms with E-state index in [2.05, 4.69) is 36.6 Å². The first-order valence-corrected chi connectivity index (χ1v) is 5.17. The molecule has 0 atom stereocenters. The number of rotatable bonds is 3. The third-order valence-electron chi connectivity index (χ3n) is 1.72. The molecule has 0 saturated carbocycles. The van der Waals surface area contributed by atoms with Crippen molar-refractivity contribution >= 4 is 17.3 Å². The number of benzene rings is 1. The van der Waals surface area contributed by atoms with E-state index < -0.39 is 0 Å². The fourth-order valence-electron chi connectivity index (χ4n) is 1.09. The fraction of sp³-hybridized carbons (Fsp3) is 0.364. The van der Waals surface area contributed by atoms with Crippen molar-refractivity contribution in [1.82, 2.24) is 10.6 Å². The summed E-state index contributed by atoms with van der Waals surface area (Å²) in [6.07, 6.45) is 0. The minimum atomic E-state index is 0.380. The van der Waals surface area contributed by atoms with Gasteiger partial charge in [-0.3, -0.25) is 0 Å². The Bertz CT molecular complexity index is 283. The largest absolute Gasteiger partial charge is 0.361 e. The highest BCUT2D eigenvalue weighted by Crippen LogP contribution is 1.96. The molecule has 0 aliphatic rings. The molecule has 2 nitrogen and oxygen atoms in total. The van der Waals surface area contributed by atoms with Crippen molar-refractivity contribution in [2.24, 2.45) is 0 Å². The van der Waals surface area contributed by atoms with Crippen LogP contribution in [0.1, 0.15) is 19.4 Å². The minimum Gasteiger partial charge on any atom is -0.361 e. The zero-order valence-corrected chi connectivity index (χ0v) is 9.40. The Balaban J connectivity index is 2.31. The van der Waals surface area contributed by atoms with E-state index in [1.807, 2.05) is 18.2 Å². The number of hydrogen-bond donors (Lipinski definition) is 2. The van der Waals surface area contributed by atoms with E-state index >= 15 is 0 Å². The Labute approximate surface area is 90.7 Å². The van der Waals surface area contributed by atoms with Crippen LogP contribution in [-0.2, 0) is 6.54 Å². The van der Waals surface area contributed by atoms with Crippen LogP contribution in [0.2, 0.25) is 0 Å². The molecule has 1 aromatic carbocycles. The van der Waals surface area contributed by atoms with Gasteiger partial charge in [-0.2, -0.15) is 0 Å². The lowest BCUT2D eigenvalue weighted by Crippen LogP contribution is -2.38. The van der Waals surface area contributed by atoms with Gasteiger partial charge in [0.15, 0.2) is 5.11 Å². The van der Waals surface area contributed by atoms with E-state index in [0.717, 1.165) is 6.54 Å². The molecule has 0 heterocycles. The highest BCUT2D eigenvalue weighted by molar-refractivity contribution is 7.80. The van der Waals surface area contributed by atoms with Gasteiger partial charge in [0.2, 0.25) is 0 Å². The highest BCUT2D eigenvalue weighted by Gasteiger charge is 1.97. The van der Waals surface area contributed by atoms with Crippen LogP contribution in [-0.4, -0.2) is 11.2 Å². The van der Waals surface area contributed by atoms with Crippen molar-refractivity contribution in [2.75, 3.05) is 0 Å². The Morgan fingerprint density at radius 2 is 1.93 bits per heavy atom. The van der Waals surface area contributed by atoms with Crippen LogP contribution in [0, 0.1) is 0 Å². The summed E-state index contributed by atoms with van der Waals surface area (Å²) < 4.78 is 0. The average molecular weight is 208 g/mol. The molecule has 0 aliphatic carbocycles. The van der Waals surface area contributed by atoms with E-state index in [4.69, 9.17) is 12.2 Å². The molecule has 0 aliphatic heterocycles. The van der Waals surface area contributed by atoms with Crippen molar-refractivity contribution in [1.29, 1.82) is 0 Å². The molecule has 1 aromatic rings. The van der Waals surface area contributed by atoms with Gasteiger partial charge in [-0.15, -0.1) is 0 Å². The van der Waals surface area contributed by atoms with Gasteiger partial charge in [0, 0.05) is 12.6 Å². The highest BCUT2D eigenvalue weighted by atomic mass is 32.1. The third-order valence-corrected chi connectivity index (χ3v) is 1.98. The maximum Gasteiger partial charge on any atom is 0.166 e. The summed E-state index contributed by atoms with van der Waals surface area (Å²) in [7, 11) is 0. The quantitative estimate of drug-likeness (QED) is 0.744. The Morgan fingerprint density at radius 1 is 1.29 bits per heavy atom. The summed E-state index contributed by atoms with van der Waals surface area (Å²) in [6.45, 7) is 4.91. The summed E-state index contributed by atoms with van der Waals surface area (Å²) in [5.41, 5.74) is 1.24. The predicted octanol–water partition coefficient (Wildman–Crippen LogP) is 2.06. The fourth-order valence-corrected chi connectivity index (χ4v) is 1.40. The molecule has 14 heavy (non-hydrogen) atoms. The topological polar surface area (TPSA) is 24.1 Å². The first-order chi connectivity index (χ1) is 6.68. The van der Waals surface area contributed by atoms with Gasteiger partial charge in [-0.25, -0.2) is 0 Å². The average Bonchev–Trinajstić information content (AvgIpc) is 2.15. The lowest BCUT2D eigenvalue weighted by Gasteiger charge is -2.12. The summed E-state index contributed by atoms with van der Waals surface area (Å²) in [4.78, 5) is 0. The number of thiocarbonyl (C=S) groups is 1. The van der Waals surface area contributed by atoms with E-state index in [0.29, 0.717) is 11.2 Å². The molecule has 0 fully saturated rings. The van der Waals surface area contributed by atoms with Gasteiger partial charge in [0.1, 0.15) is 0 Å². The van der Waals surface area contributed by atoms with Crippen molar-refractivity contribution < 1.29 is 0 Å². The first-order valence-electron chi connectivity index (χ1n) is 4.77. The molecule has 0 radical (unpaired) electrons. The van der Waals surface area contributed by atoms with E-state index in [1.165, 1.54) is 5.56 Å². The van der Waals surface area contributed by atoms with Gasteiger partial charge in [0.25, 0.3) is 0 Å². The van der Waals surface area contributed by atoms with Crippen LogP contribution in [0.3, 0.4) is 0 Å². The molecule has 0 spiro atoms. The standard InChI is InChI=1S/C11H16N2S/c1-9(2)13-11(14)12-8-10-6-4-3-5-7-10/h3-7,9H,8H2,1-2H3,(H2,12,13,14). The zero-order chi connectivity index (χ0) is 10.4. The van der Waals surface area contributed by atoms with Crippen LogP contribution < -0.4 is 10.6 Å². The molecular formula is C11H16N2S. The van der Waals surface area contributed by atoms with Crippen LogP contribution in [0.4, 0.5) is 0 Å². The summed E-state index contributed by atoms with van der Waals surface area (Å²) in [5.74, 6) is 0. The van der Waals surface area contributed by atoms with Gasteiger partial charge in [0.05, 0.1) is 0 Å². The smallest absolute Gasteiger partial charge is 0.166 e. The molecular weight excluding hydrogens is 192 g/mol. The second-order valence-corrected chi connectivity index (χ2v) is 3.88. The van der Waals surface area contributed by atoms with E-state index in [1.54, 1.807) is 0 Å². The van der Waals surface area contributed by atoms with Gasteiger partial charge in [-0.1, -0.05) is 30.3 Å². The van der Waals surface area contributed by atoms with Crippen LogP contribution in [0.15, 0.2) is 30.3 Å². The lowest BCUT2D eigenvalue weighted by molar-refractivity contribution is 0.712. The SMILES string of the molecule is CC(C)NC(=S)NCc1ccccc1. The maximum atomic E-state index is 5.11. The van der Waals surface area contributed by atoms with Crippen LogP contribution in [0.5, 0.6) is 0 Å². The van der Waals surface area contributed by atoms with Crippen molar-refractivity contribution in [3.8, 4) is 0 Å². The molecule has 0 saturated heterocycles. The van der Waals surface area contributed by atoms with Crippen molar-refractivity contribution in [3.63, 3.8) is 0 Å². The second kappa shape index (κ2) is 5.60. The zero-order valence-electron chi connectivity index (χ0n) is 8.58. The Hall–Kier alpha value is -1.09. The monoisotopic (exact) mass is 208 g/mol. The molecule has 76 valence electrons. The molecule has 0 amide bonds. The lowest BCUT2D eigenvalue weighted by atomic mass is 10.2.